The van der Waals surface area contributed by atoms with Crippen molar-refractivity contribution in [2.45, 2.75) is 69.9 Å². The Labute approximate surface area is 128 Å². The molecule has 0 aromatic rings. The predicted molar refractivity (Wildman–Crippen MR) is 82.9 cm³/mol. The highest BCUT2D eigenvalue weighted by atomic mass is 16.3. The van der Waals surface area contributed by atoms with Crippen molar-refractivity contribution in [1.82, 2.24) is 10.2 Å². The maximum absolute atomic E-state index is 12.8. The maximum Gasteiger partial charge on any atom is 0.239 e. The molecule has 2 heterocycles. The van der Waals surface area contributed by atoms with Gasteiger partial charge in [-0.05, 0) is 56.8 Å². The maximum atomic E-state index is 12.8. The minimum absolute atomic E-state index is 0.0530. The first kappa shape index (κ1) is 15.3. The van der Waals surface area contributed by atoms with Crippen LogP contribution in [-0.4, -0.2) is 47.7 Å². The van der Waals surface area contributed by atoms with E-state index in [-0.39, 0.29) is 12.6 Å². The van der Waals surface area contributed by atoms with E-state index in [0.717, 1.165) is 44.7 Å². The summed E-state index contributed by atoms with van der Waals surface area (Å²) in [5, 5.41) is 12.8. The number of nitrogens with one attached hydrogen (secondary N) is 1. The lowest BCUT2D eigenvalue weighted by molar-refractivity contribution is -0.136. The van der Waals surface area contributed by atoms with Crippen LogP contribution in [0.5, 0.6) is 0 Å². The number of carbonyl (C=O) groups is 1. The first-order valence-electron chi connectivity index (χ1n) is 8.93. The van der Waals surface area contributed by atoms with Crippen LogP contribution in [-0.2, 0) is 4.79 Å². The molecule has 3 aliphatic rings. The first-order valence-corrected chi connectivity index (χ1v) is 8.93. The van der Waals surface area contributed by atoms with Gasteiger partial charge in [-0.15, -0.1) is 0 Å². The van der Waals surface area contributed by atoms with E-state index in [2.05, 4.69) is 10.2 Å². The Hall–Kier alpha value is -0.610. The molecule has 0 radical (unpaired) electrons. The van der Waals surface area contributed by atoms with Crippen LogP contribution in [0.15, 0.2) is 0 Å². The van der Waals surface area contributed by atoms with Gasteiger partial charge in [0, 0.05) is 25.7 Å². The van der Waals surface area contributed by atoms with Gasteiger partial charge in [0.15, 0.2) is 0 Å². The van der Waals surface area contributed by atoms with Crippen molar-refractivity contribution in [3.05, 3.63) is 0 Å². The van der Waals surface area contributed by atoms with Gasteiger partial charge in [-0.25, -0.2) is 0 Å². The summed E-state index contributed by atoms with van der Waals surface area (Å²) >= 11 is 0. The summed E-state index contributed by atoms with van der Waals surface area (Å²) in [4.78, 5) is 14.8. The molecule has 1 saturated carbocycles. The Kier molecular flexibility index (Phi) is 5.17. The second-order valence-electron chi connectivity index (χ2n) is 7.25. The van der Waals surface area contributed by atoms with Gasteiger partial charge >= 0.3 is 0 Å². The highest BCUT2D eigenvalue weighted by Crippen LogP contribution is 2.33. The molecule has 0 aromatic carbocycles. The molecule has 120 valence electrons. The van der Waals surface area contributed by atoms with Gasteiger partial charge in [-0.2, -0.15) is 0 Å². The van der Waals surface area contributed by atoms with E-state index in [4.69, 9.17) is 5.11 Å². The zero-order chi connectivity index (χ0) is 14.7. The number of aliphatic hydroxyl groups excluding tert-OH is 1. The predicted octanol–water partition coefficient (Wildman–Crippen LogP) is 1.92. The standard InChI is InChI=1S/C17H30N2O2/c20-11-9-13-4-3-10-19(12-13)17(21)16-8-7-14-5-1-2-6-15(14)18-16/h13-16,18,20H,1-12H2. The highest BCUT2D eigenvalue weighted by molar-refractivity contribution is 5.82. The molecule has 1 amide bonds. The first-order chi connectivity index (χ1) is 10.3. The molecule has 0 aromatic heterocycles. The van der Waals surface area contributed by atoms with Gasteiger partial charge in [0.2, 0.25) is 5.91 Å². The van der Waals surface area contributed by atoms with Crippen molar-refractivity contribution in [3.8, 4) is 0 Å². The van der Waals surface area contributed by atoms with Crippen LogP contribution in [0.3, 0.4) is 0 Å². The third-order valence-corrected chi connectivity index (χ3v) is 5.82. The van der Waals surface area contributed by atoms with Crippen LogP contribution in [0.25, 0.3) is 0 Å². The molecule has 0 spiro atoms. The van der Waals surface area contributed by atoms with E-state index in [1.807, 2.05) is 0 Å². The number of hydrogen-bond donors (Lipinski definition) is 2. The Morgan fingerprint density at radius 1 is 1.10 bits per heavy atom. The molecular formula is C17H30N2O2. The Balaban J connectivity index is 1.55. The Morgan fingerprint density at radius 3 is 2.81 bits per heavy atom. The average molecular weight is 294 g/mol. The number of carbonyl (C=O) groups excluding carboxylic acids is 1. The average Bonchev–Trinajstić information content (AvgIpc) is 2.54. The number of fused-ring (bicyclic) bond motifs is 1. The third kappa shape index (κ3) is 3.59. The molecular weight excluding hydrogens is 264 g/mol. The fourth-order valence-electron chi connectivity index (χ4n) is 4.59. The lowest BCUT2D eigenvalue weighted by Crippen LogP contribution is -2.57. The van der Waals surface area contributed by atoms with E-state index < -0.39 is 0 Å². The van der Waals surface area contributed by atoms with E-state index in [0.29, 0.717) is 17.9 Å². The zero-order valence-electron chi connectivity index (χ0n) is 13.1. The summed E-state index contributed by atoms with van der Waals surface area (Å²) in [5.74, 6) is 1.63. The minimum atomic E-state index is 0.0530. The lowest BCUT2D eigenvalue weighted by atomic mass is 9.77. The van der Waals surface area contributed by atoms with Crippen LogP contribution in [0.1, 0.15) is 57.8 Å². The number of piperidine rings is 2. The van der Waals surface area contributed by atoms with Crippen molar-refractivity contribution in [1.29, 1.82) is 0 Å². The van der Waals surface area contributed by atoms with Crippen LogP contribution in [0, 0.1) is 11.8 Å². The summed E-state index contributed by atoms with van der Waals surface area (Å²) in [6.45, 7) is 2.01. The number of likely N-dealkylation sites (tertiary alicyclic amines) is 1. The molecule has 4 atom stereocenters. The number of rotatable bonds is 3. The molecule has 3 rings (SSSR count). The normalized spacial score (nSPS) is 37.1. The third-order valence-electron chi connectivity index (χ3n) is 5.82. The van der Waals surface area contributed by atoms with Crippen LogP contribution < -0.4 is 5.32 Å². The van der Waals surface area contributed by atoms with E-state index in [1.165, 1.54) is 32.1 Å². The molecule has 0 bridgehead atoms. The summed E-state index contributed by atoms with van der Waals surface area (Å²) < 4.78 is 0. The molecule has 2 N–H and O–H groups in total. The largest absolute Gasteiger partial charge is 0.396 e. The monoisotopic (exact) mass is 294 g/mol. The van der Waals surface area contributed by atoms with E-state index >= 15 is 0 Å². The van der Waals surface area contributed by atoms with Gasteiger partial charge < -0.3 is 15.3 Å². The molecule has 21 heavy (non-hydrogen) atoms. The summed E-state index contributed by atoms with van der Waals surface area (Å²) in [7, 11) is 0. The Bertz CT molecular complexity index is 359. The van der Waals surface area contributed by atoms with Crippen molar-refractivity contribution in [2.75, 3.05) is 19.7 Å². The SMILES string of the molecule is O=C(C1CCC2CCCCC2N1)N1CCCC(CCO)C1. The minimum Gasteiger partial charge on any atom is -0.396 e. The van der Waals surface area contributed by atoms with E-state index in [9.17, 15) is 4.79 Å². The Morgan fingerprint density at radius 2 is 1.95 bits per heavy atom. The summed E-state index contributed by atoms with van der Waals surface area (Å²) in [6, 6.07) is 0.636. The van der Waals surface area contributed by atoms with Crippen LogP contribution in [0.4, 0.5) is 0 Å². The van der Waals surface area contributed by atoms with E-state index in [1.54, 1.807) is 0 Å². The summed E-state index contributed by atoms with van der Waals surface area (Å²) in [5.41, 5.74) is 0. The number of hydrogen-bond acceptors (Lipinski definition) is 3. The lowest BCUT2D eigenvalue weighted by Gasteiger charge is -2.42. The molecule has 2 aliphatic heterocycles. The van der Waals surface area contributed by atoms with Crippen LogP contribution in [0.2, 0.25) is 0 Å². The van der Waals surface area contributed by atoms with Crippen molar-refractivity contribution in [3.63, 3.8) is 0 Å². The molecule has 4 unspecified atom stereocenters. The second-order valence-corrected chi connectivity index (χ2v) is 7.25. The van der Waals surface area contributed by atoms with Crippen LogP contribution >= 0.6 is 0 Å². The smallest absolute Gasteiger partial charge is 0.239 e. The van der Waals surface area contributed by atoms with Gasteiger partial charge in [0.1, 0.15) is 0 Å². The molecule has 1 aliphatic carbocycles. The fourth-order valence-corrected chi connectivity index (χ4v) is 4.59. The summed E-state index contributed by atoms with van der Waals surface area (Å²) in [6.07, 6.45) is 10.6. The quantitative estimate of drug-likeness (QED) is 0.836. The molecule has 2 saturated heterocycles. The number of nitrogens with zero attached hydrogens (tertiary/aromatic N) is 1. The van der Waals surface area contributed by atoms with Gasteiger partial charge in [-0.1, -0.05) is 12.8 Å². The molecule has 4 nitrogen and oxygen atoms in total. The van der Waals surface area contributed by atoms with Crippen molar-refractivity contribution < 1.29 is 9.90 Å². The second kappa shape index (κ2) is 7.10. The molecule has 4 heteroatoms. The zero-order valence-corrected chi connectivity index (χ0v) is 13.1. The van der Waals surface area contributed by atoms with Gasteiger partial charge in [0.05, 0.1) is 6.04 Å². The topological polar surface area (TPSA) is 52.6 Å². The number of aliphatic hydroxyl groups is 1. The number of amides is 1. The highest BCUT2D eigenvalue weighted by Gasteiger charge is 2.36. The van der Waals surface area contributed by atoms with Gasteiger partial charge in [-0.3, -0.25) is 4.79 Å². The molecule has 3 fully saturated rings. The fraction of sp³-hybridized carbons (Fsp3) is 0.941. The van der Waals surface area contributed by atoms with Gasteiger partial charge in [0.25, 0.3) is 0 Å². The van der Waals surface area contributed by atoms with Crippen molar-refractivity contribution >= 4 is 5.91 Å². The van der Waals surface area contributed by atoms with Crippen molar-refractivity contribution in [2.24, 2.45) is 11.8 Å².